The van der Waals surface area contributed by atoms with Crippen molar-refractivity contribution in [3.63, 3.8) is 0 Å². The molecule has 1 fully saturated rings. The topological polar surface area (TPSA) is 41.1 Å². The summed E-state index contributed by atoms with van der Waals surface area (Å²) in [6.45, 7) is 6.17. The van der Waals surface area contributed by atoms with E-state index in [0.717, 1.165) is 32.4 Å². The largest absolute Gasteiger partial charge is 0.352 e. The average molecular weight is 212 g/mol. The fourth-order valence-electron chi connectivity index (χ4n) is 2.05. The van der Waals surface area contributed by atoms with Gasteiger partial charge in [-0.05, 0) is 25.8 Å². The van der Waals surface area contributed by atoms with Crippen LogP contribution in [0.15, 0.2) is 0 Å². The minimum Gasteiger partial charge on any atom is -0.352 e. The van der Waals surface area contributed by atoms with E-state index < -0.39 is 0 Å². The van der Waals surface area contributed by atoms with Gasteiger partial charge < -0.3 is 10.6 Å². The van der Waals surface area contributed by atoms with Gasteiger partial charge in [0.2, 0.25) is 5.91 Å². The lowest BCUT2D eigenvalue weighted by molar-refractivity contribution is -0.125. The molecule has 0 aromatic carbocycles. The zero-order chi connectivity index (χ0) is 11.1. The van der Waals surface area contributed by atoms with E-state index in [1.165, 1.54) is 12.8 Å². The Labute approximate surface area is 93.0 Å². The van der Waals surface area contributed by atoms with E-state index in [1.807, 2.05) is 6.92 Å². The van der Waals surface area contributed by atoms with Crippen molar-refractivity contribution in [1.29, 1.82) is 0 Å². The van der Waals surface area contributed by atoms with Crippen molar-refractivity contribution in [1.82, 2.24) is 10.6 Å². The molecule has 0 aromatic heterocycles. The Kier molecular flexibility index (Phi) is 5.69. The molecule has 88 valence electrons. The molecule has 2 unspecified atom stereocenters. The highest BCUT2D eigenvalue weighted by Gasteiger charge is 2.17. The second-order valence-corrected chi connectivity index (χ2v) is 4.60. The van der Waals surface area contributed by atoms with Gasteiger partial charge in [-0.25, -0.2) is 0 Å². The van der Waals surface area contributed by atoms with Crippen molar-refractivity contribution in [3.8, 4) is 0 Å². The normalized spacial score (nSPS) is 24.3. The van der Waals surface area contributed by atoms with Gasteiger partial charge in [-0.3, -0.25) is 4.79 Å². The fraction of sp³-hybridized carbons (Fsp3) is 0.917. The van der Waals surface area contributed by atoms with E-state index in [0.29, 0.717) is 6.04 Å². The summed E-state index contributed by atoms with van der Waals surface area (Å²) in [5.41, 5.74) is 0. The van der Waals surface area contributed by atoms with E-state index in [9.17, 15) is 4.79 Å². The molecule has 1 aliphatic rings. The highest BCUT2D eigenvalue weighted by molar-refractivity contribution is 5.78. The van der Waals surface area contributed by atoms with Crippen molar-refractivity contribution in [2.75, 3.05) is 13.1 Å². The molecule has 1 amide bonds. The summed E-state index contributed by atoms with van der Waals surface area (Å²) >= 11 is 0. The Balaban J connectivity index is 2.28. The minimum absolute atomic E-state index is 0.165. The lowest BCUT2D eigenvalue weighted by Gasteiger charge is -2.19. The van der Waals surface area contributed by atoms with Gasteiger partial charge in [-0.2, -0.15) is 0 Å². The molecule has 3 nitrogen and oxygen atoms in total. The van der Waals surface area contributed by atoms with Crippen LogP contribution in [0, 0.1) is 5.92 Å². The summed E-state index contributed by atoms with van der Waals surface area (Å²) in [6.07, 6.45) is 5.65. The maximum absolute atomic E-state index is 11.8. The first kappa shape index (κ1) is 12.5. The summed E-state index contributed by atoms with van der Waals surface area (Å²) in [5.74, 6) is 0.392. The minimum atomic E-state index is 0.165. The molecule has 15 heavy (non-hydrogen) atoms. The van der Waals surface area contributed by atoms with Crippen LogP contribution in [0.2, 0.25) is 0 Å². The van der Waals surface area contributed by atoms with Crippen LogP contribution >= 0.6 is 0 Å². The van der Waals surface area contributed by atoms with Gasteiger partial charge in [0.05, 0.1) is 0 Å². The molecule has 3 heteroatoms. The monoisotopic (exact) mass is 212 g/mol. The number of amides is 1. The number of hydrogen-bond donors (Lipinski definition) is 2. The van der Waals surface area contributed by atoms with Crippen LogP contribution in [0.25, 0.3) is 0 Å². The van der Waals surface area contributed by atoms with Gasteiger partial charge in [-0.1, -0.05) is 26.7 Å². The molecular weight excluding hydrogens is 188 g/mol. The lowest BCUT2D eigenvalue weighted by Crippen LogP contribution is -2.43. The first-order chi connectivity index (χ1) is 7.24. The summed E-state index contributed by atoms with van der Waals surface area (Å²) < 4.78 is 0. The Bertz CT molecular complexity index is 186. The fourth-order valence-corrected chi connectivity index (χ4v) is 2.05. The van der Waals surface area contributed by atoms with Gasteiger partial charge >= 0.3 is 0 Å². The third-order valence-corrected chi connectivity index (χ3v) is 3.06. The van der Waals surface area contributed by atoms with Crippen molar-refractivity contribution in [2.24, 2.45) is 5.92 Å². The second-order valence-electron chi connectivity index (χ2n) is 4.60. The molecular formula is C12H24N2O. The number of rotatable bonds is 4. The number of hydrogen-bond acceptors (Lipinski definition) is 2. The van der Waals surface area contributed by atoms with E-state index in [1.54, 1.807) is 0 Å². The van der Waals surface area contributed by atoms with Gasteiger partial charge in [0.15, 0.2) is 0 Å². The first-order valence-corrected chi connectivity index (χ1v) is 6.25. The number of carbonyl (C=O) groups is 1. The molecule has 0 saturated carbocycles. The highest BCUT2D eigenvalue weighted by Crippen LogP contribution is 2.08. The average Bonchev–Trinajstić information content (AvgIpc) is 2.46. The van der Waals surface area contributed by atoms with Gasteiger partial charge in [-0.15, -0.1) is 0 Å². The maximum atomic E-state index is 11.8. The van der Waals surface area contributed by atoms with Crippen LogP contribution in [0.4, 0.5) is 0 Å². The molecule has 1 aliphatic heterocycles. The third-order valence-electron chi connectivity index (χ3n) is 3.06. The smallest absolute Gasteiger partial charge is 0.223 e. The highest BCUT2D eigenvalue weighted by atomic mass is 16.1. The predicted molar refractivity (Wildman–Crippen MR) is 62.7 cm³/mol. The van der Waals surface area contributed by atoms with Crippen molar-refractivity contribution < 1.29 is 4.79 Å². The van der Waals surface area contributed by atoms with Crippen LogP contribution < -0.4 is 10.6 Å². The molecule has 0 aliphatic carbocycles. The van der Waals surface area contributed by atoms with Crippen molar-refractivity contribution in [3.05, 3.63) is 0 Å². The molecule has 0 bridgehead atoms. The van der Waals surface area contributed by atoms with E-state index in [4.69, 9.17) is 0 Å². The first-order valence-electron chi connectivity index (χ1n) is 6.25. The SMILES string of the molecule is CCCC(C)C(=O)NC1CCCCNC1. The zero-order valence-corrected chi connectivity index (χ0v) is 10.0. The molecule has 0 spiro atoms. The summed E-state index contributed by atoms with van der Waals surface area (Å²) in [7, 11) is 0. The van der Waals surface area contributed by atoms with Crippen LogP contribution in [0.1, 0.15) is 46.0 Å². The Hall–Kier alpha value is -0.570. The molecule has 0 aromatic rings. The van der Waals surface area contributed by atoms with Gasteiger partial charge in [0, 0.05) is 18.5 Å². The molecule has 2 atom stereocenters. The van der Waals surface area contributed by atoms with Crippen LogP contribution in [0.5, 0.6) is 0 Å². The van der Waals surface area contributed by atoms with E-state index in [-0.39, 0.29) is 11.8 Å². The molecule has 0 radical (unpaired) electrons. The Morgan fingerprint density at radius 2 is 2.33 bits per heavy atom. The lowest BCUT2D eigenvalue weighted by atomic mass is 10.0. The number of nitrogens with one attached hydrogen (secondary N) is 2. The summed E-state index contributed by atoms with van der Waals surface area (Å²) in [6, 6.07) is 0.347. The third kappa shape index (κ3) is 4.65. The molecule has 2 N–H and O–H groups in total. The Morgan fingerprint density at radius 1 is 1.53 bits per heavy atom. The molecule has 1 saturated heterocycles. The standard InChI is InChI=1S/C12H24N2O/c1-3-6-10(2)12(15)14-11-7-4-5-8-13-9-11/h10-11,13H,3-9H2,1-2H3,(H,14,15). The number of carbonyl (C=O) groups excluding carboxylic acids is 1. The summed E-state index contributed by atoms with van der Waals surface area (Å²) in [5, 5.41) is 6.50. The zero-order valence-electron chi connectivity index (χ0n) is 10.0. The quantitative estimate of drug-likeness (QED) is 0.744. The Morgan fingerprint density at radius 3 is 3.07 bits per heavy atom. The predicted octanol–water partition coefficient (Wildman–Crippen LogP) is 1.68. The van der Waals surface area contributed by atoms with Gasteiger partial charge in [0.25, 0.3) is 0 Å². The van der Waals surface area contributed by atoms with Crippen molar-refractivity contribution in [2.45, 2.75) is 52.0 Å². The van der Waals surface area contributed by atoms with E-state index >= 15 is 0 Å². The van der Waals surface area contributed by atoms with Crippen LogP contribution in [0.3, 0.4) is 0 Å². The van der Waals surface area contributed by atoms with Crippen LogP contribution in [-0.2, 0) is 4.79 Å². The van der Waals surface area contributed by atoms with Crippen molar-refractivity contribution >= 4 is 5.91 Å². The second kappa shape index (κ2) is 6.83. The van der Waals surface area contributed by atoms with Crippen LogP contribution in [-0.4, -0.2) is 25.0 Å². The maximum Gasteiger partial charge on any atom is 0.223 e. The van der Waals surface area contributed by atoms with Gasteiger partial charge in [0.1, 0.15) is 0 Å². The van der Waals surface area contributed by atoms with E-state index in [2.05, 4.69) is 17.6 Å². The summed E-state index contributed by atoms with van der Waals surface area (Å²) in [4.78, 5) is 11.8. The molecule has 1 rings (SSSR count). The molecule has 1 heterocycles.